The minimum absolute atomic E-state index is 0.539. The van der Waals surface area contributed by atoms with Crippen LogP contribution < -0.4 is 0 Å². The van der Waals surface area contributed by atoms with Crippen molar-refractivity contribution >= 4 is 31.9 Å². The number of hydrogen-bond acceptors (Lipinski definition) is 0. The highest BCUT2D eigenvalue weighted by Gasteiger charge is 2.60. The average molecular weight is 390 g/mol. The number of benzene rings is 2. The third-order valence-corrected chi connectivity index (χ3v) is 8.57. The Morgan fingerprint density at radius 3 is 1.15 bits per heavy atom. The normalized spacial score (nSPS) is 39.5. The third-order valence-electron chi connectivity index (χ3n) is 5.58. The molecule has 4 aliphatic rings. The summed E-state index contributed by atoms with van der Waals surface area (Å²) in [5, 5.41) is 0. The predicted molar refractivity (Wildman–Crippen MR) is 89.3 cm³/mol. The lowest BCUT2D eigenvalue weighted by molar-refractivity contribution is 0.254. The fourth-order valence-electron chi connectivity index (χ4n) is 4.88. The van der Waals surface area contributed by atoms with Gasteiger partial charge in [0.2, 0.25) is 0 Å². The SMILES string of the molecule is BrC1C(Br)[C@@H]2c3ccccc3[C@H]1[C@H]1c3ccccc3[C@H]12. The number of alkyl halides is 2. The van der Waals surface area contributed by atoms with Gasteiger partial charge in [0.15, 0.2) is 0 Å². The Hall–Kier alpha value is -0.600. The smallest absolute Gasteiger partial charge is 0.0352 e. The van der Waals surface area contributed by atoms with Crippen LogP contribution in [0.5, 0.6) is 0 Å². The molecule has 2 heteroatoms. The monoisotopic (exact) mass is 388 g/mol. The summed E-state index contributed by atoms with van der Waals surface area (Å²) in [6.45, 7) is 0. The van der Waals surface area contributed by atoms with Gasteiger partial charge in [-0.05, 0) is 34.1 Å². The highest BCUT2D eigenvalue weighted by molar-refractivity contribution is 9.12. The lowest BCUT2D eigenvalue weighted by Gasteiger charge is -2.60. The Kier molecular flexibility index (Phi) is 2.39. The van der Waals surface area contributed by atoms with E-state index in [9.17, 15) is 0 Å². The molecule has 100 valence electrons. The Bertz CT molecular complexity index is 648. The van der Waals surface area contributed by atoms with E-state index in [1.807, 2.05) is 0 Å². The van der Waals surface area contributed by atoms with Crippen LogP contribution in [0.15, 0.2) is 48.5 Å². The van der Waals surface area contributed by atoms with E-state index in [1.165, 1.54) is 0 Å². The second kappa shape index (κ2) is 3.98. The minimum atomic E-state index is 0.539. The van der Waals surface area contributed by atoms with E-state index in [0.29, 0.717) is 33.3 Å². The maximum absolute atomic E-state index is 3.99. The van der Waals surface area contributed by atoms with E-state index in [-0.39, 0.29) is 0 Å². The van der Waals surface area contributed by atoms with Crippen molar-refractivity contribution in [2.45, 2.75) is 33.3 Å². The van der Waals surface area contributed by atoms with Gasteiger partial charge in [-0.15, -0.1) is 0 Å². The molecule has 0 amide bonds. The lowest BCUT2D eigenvalue weighted by atomic mass is 9.47. The molecule has 1 fully saturated rings. The Balaban J connectivity index is 1.78. The molecule has 0 aromatic heterocycles. The summed E-state index contributed by atoms with van der Waals surface area (Å²) < 4.78 is 0. The third kappa shape index (κ3) is 1.24. The molecule has 2 bridgehead atoms. The van der Waals surface area contributed by atoms with Crippen molar-refractivity contribution in [3.63, 3.8) is 0 Å². The van der Waals surface area contributed by atoms with E-state index in [1.54, 1.807) is 22.3 Å². The van der Waals surface area contributed by atoms with Crippen LogP contribution in [0.1, 0.15) is 45.9 Å². The van der Waals surface area contributed by atoms with Crippen molar-refractivity contribution in [1.82, 2.24) is 0 Å². The Labute approximate surface area is 135 Å². The molecular weight excluding hydrogens is 376 g/mol. The van der Waals surface area contributed by atoms with Crippen molar-refractivity contribution in [3.05, 3.63) is 70.8 Å². The average Bonchev–Trinajstić information content (AvgIpc) is 2.48. The molecule has 20 heavy (non-hydrogen) atoms. The fourth-order valence-corrected chi connectivity index (χ4v) is 6.77. The molecule has 2 unspecified atom stereocenters. The van der Waals surface area contributed by atoms with E-state index < -0.39 is 0 Å². The molecule has 0 radical (unpaired) electrons. The zero-order valence-corrected chi connectivity index (χ0v) is 14.0. The van der Waals surface area contributed by atoms with Crippen LogP contribution >= 0.6 is 31.9 Å². The molecule has 6 atom stereocenters. The first kappa shape index (κ1) is 12.0. The van der Waals surface area contributed by atoms with Crippen LogP contribution in [-0.4, -0.2) is 9.65 Å². The van der Waals surface area contributed by atoms with Gasteiger partial charge >= 0.3 is 0 Å². The van der Waals surface area contributed by atoms with Gasteiger partial charge in [0, 0.05) is 21.5 Å². The second-order valence-electron chi connectivity index (χ2n) is 6.25. The highest BCUT2D eigenvalue weighted by atomic mass is 79.9. The molecule has 4 aliphatic carbocycles. The van der Waals surface area contributed by atoms with Gasteiger partial charge in [-0.25, -0.2) is 0 Å². The topological polar surface area (TPSA) is 0 Å². The minimum Gasteiger partial charge on any atom is -0.0871 e. The lowest BCUT2D eigenvalue weighted by Crippen LogP contribution is -2.52. The quantitative estimate of drug-likeness (QED) is 0.537. The first-order valence-corrected chi connectivity index (χ1v) is 9.08. The van der Waals surface area contributed by atoms with Crippen molar-refractivity contribution in [2.24, 2.45) is 0 Å². The summed E-state index contributed by atoms with van der Waals surface area (Å²) in [5.41, 5.74) is 6.33. The van der Waals surface area contributed by atoms with Gasteiger partial charge in [0.25, 0.3) is 0 Å². The van der Waals surface area contributed by atoms with Gasteiger partial charge in [-0.2, -0.15) is 0 Å². The molecule has 0 nitrogen and oxygen atoms in total. The summed E-state index contributed by atoms with van der Waals surface area (Å²) in [6.07, 6.45) is 0. The van der Waals surface area contributed by atoms with Gasteiger partial charge in [-0.1, -0.05) is 80.4 Å². The summed E-state index contributed by atoms with van der Waals surface area (Å²) in [7, 11) is 0. The van der Waals surface area contributed by atoms with Crippen LogP contribution in [0.25, 0.3) is 0 Å². The van der Waals surface area contributed by atoms with Crippen LogP contribution in [-0.2, 0) is 0 Å². The molecule has 1 saturated carbocycles. The van der Waals surface area contributed by atoms with Gasteiger partial charge in [-0.3, -0.25) is 0 Å². The molecule has 0 N–H and O–H groups in total. The largest absolute Gasteiger partial charge is 0.0871 e. The van der Waals surface area contributed by atoms with E-state index in [0.717, 1.165) is 0 Å². The number of rotatable bonds is 0. The van der Waals surface area contributed by atoms with Crippen LogP contribution in [0.4, 0.5) is 0 Å². The van der Waals surface area contributed by atoms with Crippen molar-refractivity contribution in [3.8, 4) is 0 Å². The second-order valence-corrected chi connectivity index (χ2v) is 8.36. The van der Waals surface area contributed by atoms with Crippen molar-refractivity contribution in [1.29, 1.82) is 0 Å². The Morgan fingerprint density at radius 1 is 0.500 bits per heavy atom. The summed E-state index contributed by atoms with van der Waals surface area (Å²) in [4.78, 5) is 1.08. The van der Waals surface area contributed by atoms with Crippen LogP contribution in [0, 0.1) is 0 Å². The number of fused-ring (bicyclic) bond motifs is 2. The van der Waals surface area contributed by atoms with Gasteiger partial charge in [0.1, 0.15) is 0 Å². The summed E-state index contributed by atoms with van der Waals surface area (Å²) in [6, 6.07) is 18.1. The molecule has 0 aliphatic heterocycles. The van der Waals surface area contributed by atoms with Crippen LogP contribution in [0.3, 0.4) is 0 Å². The first-order valence-electron chi connectivity index (χ1n) is 7.25. The molecule has 0 saturated heterocycles. The zero-order valence-electron chi connectivity index (χ0n) is 10.8. The van der Waals surface area contributed by atoms with Gasteiger partial charge in [0.05, 0.1) is 0 Å². The maximum atomic E-state index is 3.99. The molecule has 6 rings (SSSR count). The van der Waals surface area contributed by atoms with Crippen molar-refractivity contribution in [2.75, 3.05) is 0 Å². The zero-order chi connectivity index (χ0) is 13.4. The maximum Gasteiger partial charge on any atom is 0.0352 e. The predicted octanol–water partition coefficient (Wildman–Crippen LogP) is 5.29. The van der Waals surface area contributed by atoms with E-state index in [2.05, 4.69) is 80.4 Å². The molecular formula is C18H14Br2. The van der Waals surface area contributed by atoms with E-state index in [4.69, 9.17) is 0 Å². The number of hydrogen-bond donors (Lipinski definition) is 0. The Morgan fingerprint density at radius 2 is 0.800 bits per heavy atom. The first-order chi connectivity index (χ1) is 9.79. The van der Waals surface area contributed by atoms with Gasteiger partial charge < -0.3 is 0 Å². The number of halogens is 2. The van der Waals surface area contributed by atoms with Crippen molar-refractivity contribution < 1.29 is 0 Å². The highest BCUT2D eigenvalue weighted by Crippen LogP contribution is 2.71. The fraction of sp³-hybridized carbons (Fsp3) is 0.333. The summed E-state index contributed by atoms with van der Waals surface area (Å²) >= 11 is 7.97. The molecule has 2 aromatic carbocycles. The molecule has 0 heterocycles. The standard InChI is InChI=1S/C18H14Br2/c19-17-15-11-7-3-4-8-12(11)16(18(17)20)14-10-6-2-1-5-9(10)13(14)15/h1-8,13-18H/t13-,14+,15-,16+,17?,18?. The van der Waals surface area contributed by atoms with Crippen LogP contribution in [0.2, 0.25) is 0 Å². The molecule has 2 aromatic rings. The molecule has 0 spiro atoms. The van der Waals surface area contributed by atoms with E-state index >= 15 is 0 Å². The summed E-state index contributed by atoms with van der Waals surface area (Å²) in [5.74, 6) is 2.65.